The van der Waals surface area contributed by atoms with Gasteiger partial charge in [0.25, 0.3) is 0 Å². The molecule has 0 saturated carbocycles. The van der Waals surface area contributed by atoms with Crippen LogP contribution in [0.2, 0.25) is 0 Å². The van der Waals surface area contributed by atoms with E-state index in [9.17, 15) is 4.79 Å². The number of nitrogens with one attached hydrogen (secondary N) is 1. The summed E-state index contributed by atoms with van der Waals surface area (Å²) >= 11 is 0. The highest BCUT2D eigenvalue weighted by molar-refractivity contribution is 5.75. The lowest BCUT2D eigenvalue weighted by atomic mass is 10.2. The van der Waals surface area contributed by atoms with Crippen LogP contribution < -0.4 is 5.32 Å². The standard InChI is InChI=1S/C13H25NO/c1-4-5-6-7-8-9-10-13(15)14-11-12(2)3/h6-7,12H,4-5,8-11H2,1-3H3,(H,14,15)/b7-6+. The van der Waals surface area contributed by atoms with Gasteiger partial charge in [-0.2, -0.15) is 0 Å². The van der Waals surface area contributed by atoms with E-state index in [2.05, 4.69) is 38.2 Å². The molecule has 0 aliphatic rings. The van der Waals surface area contributed by atoms with E-state index in [1.54, 1.807) is 0 Å². The zero-order valence-electron chi connectivity index (χ0n) is 10.4. The van der Waals surface area contributed by atoms with Gasteiger partial charge in [0.05, 0.1) is 0 Å². The number of hydrogen-bond acceptors (Lipinski definition) is 1. The predicted molar refractivity (Wildman–Crippen MR) is 65.7 cm³/mol. The third-order valence-corrected chi connectivity index (χ3v) is 2.10. The second kappa shape index (κ2) is 9.75. The molecule has 0 atom stereocenters. The van der Waals surface area contributed by atoms with Crippen molar-refractivity contribution in [2.45, 2.75) is 52.9 Å². The van der Waals surface area contributed by atoms with Gasteiger partial charge in [0.1, 0.15) is 0 Å². The highest BCUT2D eigenvalue weighted by atomic mass is 16.1. The average molecular weight is 211 g/mol. The molecule has 0 saturated heterocycles. The molecule has 88 valence electrons. The molecule has 0 aliphatic carbocycles. The SMILES string of the molecule is CCC/C=C/CCCC(=O)NCC(C)C. The van der Waals surface area contributed by atoms with Gasteiger partial charge in [-0.3, -0.25) is 4.79 Å². The van der Waals surface area contributed by atoms with Gasteiger partial charge in [-0.05, 0) is 25.2 Å². The van der Waals surface area contributed by atoms with Crippen molar-refractivity contribution in [3.8, 4) is 0 Å². The molecule has 2 nitrogen and oxygen atoms in total. The number of hydrogen-bond donors (Lipinski definition) is 1. The van der Waals surface area contributed by atoms with E-state index in [0.29, 0.717) is 12.3 Å². The van der Waals surface area contributed by atoms with Gasteiger partial charge in [0.2, 0.25) is 5.91 Å². The third kappa shape index (κ3) is 11.1. The van der Waals surface area contributed by atoms with Crippen molar-refractivity contribution < 1.29 is 4.79 Å². The first-order valence-corrected chi connectivity index (χ1v) is 6.08. The van der Waals surface area contributed by atoms with Crippen LogP contribution in [0.25, 0.3) is 0 Å². The molecule has 0 aromatic carbocycles. The first kappa shape index (κ1) is 14.2. The fourth-order valence-corrected chi connectivity index (χ4v) is 1.19. The van der Waals surface area contributed by atoms with Crippen LogP contribution in [-0.4, -0.2) is 12.5 Å². The van der Waals surface area contributed by atoms with Crippen molar-refractivity contribution in [1.82, 2.24) is 5.32 Å². The largest absolute Gasteiger partial charge is 0.356 e. The topological polar surface area (TPSA) is 29.1 Å². The fraction of sp³-hybridized carbons (Fsp3) is 0.769. The summed E-state index contributed by atoms with van der Waals surface area (Å²) in [4.78, 5) is 11.3. The van der Waals surface area contributed by atoms with Crippen molar-refractivity contribution in [3.05, 3.63) is 12.2 Å². The number of allylic oxidation sites excluding steroid dienone is 2. The maximum absolute atomic E-state index is 11.3. The van der Waals surface area contributed by atoms with Crippen LogP contribution in [0.5, 0.6) is 0 Å². The van der Waals surface area contributed by atoms with Gasteiger partial charge in [-0.25, -0.2) is 0 Å². The summed E-state index contributed by atoms with van der Waals surface area (Å²) in [5.74, 6) is 0.728. The van der Waals surface area contributed by atoms with Crippen molar-refractivity contribution in [3.63, 3.8) is 0 Å². The van der Waals surface area contributed by atoms with Gasteiger partial charge in [0, 0.05) is 13.0 Å². The van der Waals surface area contributed by atoms with E-state index in [-0.39, 0.29) is 5.91 Å². The molecule has 0 radical (unpaired) electrons. The maximum atomic E-state index is 11.3. The smallest absolute Gasteiger partial charge is 0.220 e. The Balaban J connectivity index is 3.31. The Kier molecular flexibility index (Phi) is 9.24. The lowest BCUT2D eigenvalue weighted by Crippen LogP contribution is -2.26. The molecule has 0 aliphatic heterocycles. The molecule has 0 rings (SSSR count). The monoisotopic (exact) mass is 211 g/mol. The Morgan fingerprint density at radius 3 is 2.53 bits per heavy atom. The van der Waals surface area contributed by atoms with Gasteiger partial charge in [-0.1, -0.05) is 39.3 Å². The van der Waals surface area contributed by atoms with Crippen LogP contribution in [0, 0.1) is 5.92 Å². The minimum Gasteiger partial charge on any atom is -0.356 e. The zero-order valence-corrected chi connectivity index (χ0v) is 10.4. The fourth-order valence-electron chi connectivity index (χ4n) is 1.19. The van der Waals surface area contributed by atoms with Gasteiger partial charge < -0.3 is 5.32 Å². The van der Waals surface area contributed by atoms with Crippen LogP contribution in [0.1, 0.15) is 52.9 Å². The van der Waals surface area contributed by atoms with Crippen LogP contribution in [-0.2, 0) is 4.79 Å². The van der Waals surface area contributed by atoms with E-state index in [0.717, 1.165) is 25.8 Å². The van der Waals surface area contributed by atoms with Crippen molar-refractivity contribution in [1.29, 1.82) is 0 Å². The molecular weight excluding hydrogens is 186 g/mol. The number of rotatable bonds is 8. The summed E-state index contributed by atoms with van der Waals surface area (Å²) < 4.78 is 0. The molecular formula is C13H25NO. The Bertz CT molecular complexity index is 185. The molecule has 15 heavy (non-hydrogen) atoms. The number of unbranched alkanes of at least 4 members (excludes halogenated alkanes) is 2. The highest BCUT2D eigenvalue weighted by Gasteiger charge is 2.00. The van der Waals surface area contributed by atoms with Crippen LogP contribution in [0.15, 0.2) is 12.2 Å². The maximum Gasteiger partial charge on any atom is 0.220 e. The quantitative estimate of drug-likeness (QED) is 0.484. The van der Waals surface area contributed by atoms with Crippen molar-refractivity contribution in [2.24, 2.45) is 5.92 Å². The van der Waals surface area contributed by atoms with Crippen molar-refractivity contribution in [2.75, 3.05) is 6.54 Å². The molecule has 2 heteroatoms. The first-order valence-electron chi connectivity index (χ1n) is 6.08. The van der Waals surface area contributed by atoms with E-state index in [1.807, 2.05) is 0 Å². The molecule has 0 spiro atoms. The van der Waals surface area contributed by atoms with Crippen molar-refractivity contribution >= 4 is 5.91 Å². The van der Waals surface area contributed by atoms with E-state index in [1.165, 1.54) is 6.42 Å². The molecule has 0 heterocycles. The second-order valence-electron chi connectivity index (χ2n) is 4.35. The highest BCUT2D eigenvalue weighted by Crippen LogP contribution is 1.99. The van der Waals surface area contributed by atoms with Gasteiger partial charge >= 0.3 is 0 Å². The summed E-state index contributed by atoms with van der Waals surface area (Å²) in [5, 5.41) is 2.92. The minimum atomic E-state index is 0.188. The Labute approximate surface area is 94.1 Å². The molecule has 0 bridgehead atoms. The van der Waals surface area contributed by atoms with Crippen LogP contribution >= 0.6 is 0 Å². The summed E-state index contributed by atoms with van der Waals surface area (Å²) in [6, 6.07) is 0. The normalized spacial score (nSPS) is 11.2. The number of amides is 1. The predicted octanol–water partition coefficient (Wildman–Crippen LogP) is 3.29. The summed E-state index contributed by atoms with van der Waals surface area (Å²) in [6.07, 6.45) is 9.37. The molecule has 0 unspecified atom stereocenters. The van der Waals surface area contributed by atoms with Crippen LogP contribution in [0.4, 0.5) is 0 Å². The van der Waals surface area contributed by atoms with E-state index in [4.69, 9.17) is 0 Å². The van der Waals surface area contributed by atoms with Gasteiger partial charge in [0.15, 0.2) is 0 Å². The molecule has 0 aromatic rings. The molecule has 1 N–H and O–H groups in total. The summed E-state index contributed by atoms with van der Waals surface area (Å²) in [7, 11) is 0. The zero-order chi connectivity index (χ0) is 11.5. The lowest BCUT2D eigenvalue weighted by molar-refractivity contribution is -0.121. The lowest BCUT2D eigenvalue weighted by Gasteiger charge is -2.06. The molecule has 0 aromatic heterocycles. The minimum absolute atomic E-state index is 0.188. The number of carbonyl (C=O) groups is 1. The summed E-state index contributed by atoms with van der Waals surface area (Å²) in [6.45, 7) is 7.18. The third-order valence-electron chi connectivity index (χ3n) is 2.10. The molecule has 0 fully saturated rings. The second-order valence-corrected chi connectivity index (χ2v) is 4.35. The Morgan fingerprint density at radius 1 is 1.27 bits per heavy atom. The average Bonchev–Trinajstić information content (AvgIpc) is 2.20. The van der Waals surface area contributed by atoms with E-state index < -0.39 is 0 Å². The van der Waals surface area contributed by atoms with E-state index >= 15 is 0 Å². The Hall–Kier alpha value is -0.790. The van der Waals surface area contributed by atoms with Crippen LogP contribution in [0.3, 0.4) is 0 Å². The molecule has 1 amide bonds. The first-order chi connectivity index (χ1) is 7.16. The van der Waals surface area contributed by atoms with Gasteiger partial charge in [-0.15, -0.1) is 0 Å². The summed E-state index contributed by atoms with van der Waals surface area (Å²) in [5.41, 5.74) is 0. The Morgan fingerprint density at radius 2 is 1.93 bits per heavy atom. The number of carbonyl (C=O) groups excluding carboxylic acids is 1.